The van der Waals surface area contributed by atoms with Crippen molar-refractivity contribution in [1.82, 2.24) is 0 Å². The number of rotatable bonds is 10. The van der Waals surface area contributed by atoms with E-state index in [0.29, 0.717) is 11.1 Å². The summed E-state index contributed by atoms with van der Waals surface area (Å²) in [4.78, 5) is 43.1. The van der Waals surface area contributed by atoms with E-state index in [9.17, 15) is 40.5 Å². The molecule has 0 amide bonds. The van der Waals surface area contributed by atoms with Crippen LogP contribution < -0.4 is 9.47 Å². The SMILES string of the molecule is CC(C)(c1ccc(Oc2ccc([N+](=O)[O-])cc2)c([N+](=O)[O-])c1)c1ccc(Oc2ccc([N+](=O)[O-])cc2)c([N+](=O)[O-])c1. The lowest BCUT2D eigenvalue weighted by Gasteiger charge is -2.26. The molecule has 0 aliphatic carbocycles. The molecule has 0 unspecified atom stereocenters. The lowest BCUT2D eigenvalue weighted by atomic mass is 9.77. The molecule has 0 saturated carbocycles. The fraction of sp³-hybridized carbons (Fsp3) is 0.111. The maximum absolute atomic E-state index is 11.9. The van der Waals surface area contributed by atoms with E-state index in [2.05, 4.69) is 0 Å². The average Bonchev–Trinajstić information content (AvgIpc) is 2.93. The molecule has 208 valence electrons. The van der Waals surface area contributed by atoms with Crippen LogP contribution in [-0.2, 0) is 5.41 Å². The Kier molecular flexibility index (Phi) is 7.58. The van der Waals surface area contributed by atoms with Gasteiger partial charge in [0.25, 0.3) is 11.4 Å². The zero-order chi connectivity index (χ0) is 29.9. The molecule has 0 N–H and O–H groups in total. The summed E-state index contributed by atoms with van der Waals surface area (Å²) in [6.07, 6.45) is 0. The zero-order valence-corrected chi connectivity index (χ0v) is 21.5. The number of ether oxygens (including phenoxy) is 2. The molecule has 41 heavy (non-hydrogen) atoms. The van der Waals surface area contributed by atoms with Gasteiger partial charge < -0.3 is 9.47 Å². The van der Waals surface area contributed by atoms with Crippen LogP contribution in [0, 0.1) is 40.5 Å². The number of hydrogen-bond donors (Lipinski definition) is 0. The molecular formula is C27H20N4O10. The Labute approximate surface area is 231 Å². The summed E-state index contributed by atoms with van der Waals surface area (Å²) in [7, 11) is 0. The summed E-state index contributed by atoms with van der Waals surface area (Å²) >= 11 is 0. The number of non-ortho nitro benzene ring substituents is 2. The third-order valence-corrected chi connectivity index (χ3v) is 6.31. The Hall–Kier alpha value is -5.92. The molecule has 4 aromatic carbocycles. The fourth-order valence-electron chi connectivity index (χ4n) is 3.96. The van der Waals surface area contributed by atoms with Gasteiger partial charge in [-0.2, -0.15) is 0 Å². The molecule has 0 atom stereocenters. The Bertz CT molecular complexity index is 1550. The van der Waals surface area contributed by atoms with E-state index < -0.39 is 25.1 Å². The number of nitro groups is 4. The molecular weight excluding hydrogens is 540 g/mol. The van der Waals surface area contributed by atoms with Crippen LogP contribution in [0.1, 0.15) is 25.0 Å². The van der Waals surface area contributed by atoms with E-state index in [0.717, 1.165) is 0 Å². The standard InChI is InChI=1S/C27H20N4O10/c1-27(2,17-3-13-25(23(15-17)30(36)37)40-21-9-5-19(6-10-21)28(32)33)18-4-14-26(24(16-18)31(38)39)41-22-11-7-20(8-12-22)29(34)35/h3-16H,1-2H3. The van der Waals surface area contributed by atoms with Gasteiger partial charge in [0.15, 0.2) is 0 Å². The summed E-state index contributed by atoms with van der Waals surface area (Å²) in [5.74, 6) is 0.123. The van der Waals surface area contributed by atoms with Gasteiger partial charge >= 0.3 is 11.4 Å². The first-order valence-electron chi connectivity index (χ1n) is 11.8. The fourth-order valence-corrected chi connectivity index (χ4v) is 3.96. The first-order chi connectivity index (χ1) is 19.4. The van der Waals surface area contributed by atoms with Crippen LogP contribution in [0.2, 0.25) is 0 Å². The van der Waals surface area contributed by atoms with Crippen LogP contribution in [0.3, 0.4) is 0 Å². The lowest BCUT2D eigenvalue weighted by Crippen LogP contribution is -2.19. The molecule has 4 rings (SSSR count). The van der Waals surface area contributed by atoms with E-state index in [-0.39, 0.29) is 45.7 Å². The summed E-state index contributed by atoms with van der Waals surface area (Å²) < 4.78 is 11.2. The van der Waals surface area contributed by atoms with Crippen LogP contribution in [0.15, 0.2) is 84.9 Å². The highest BCUT2D eigenvalue weighted by Crippen LogP contribution is 2.41. The van der Waals surface area contributed by atoms with Crippen molar-refractivity contribution in [3.05, 3.63) is 137 Å². The number of nitrogens with zero attached hydrogens (tertiary/aromatic N) is 4. The maximum atomic E-state index is 11.9. The molecule has 0 radical (unpaired) electrons. The average molecular weight is 560 g/mol. The van der Waals surface area contributed by atoms with Crippen LogP contribution in [0.4, 0.5) is 22.7 Å². The molecule has 0 aliphatic rings. The third kappa shape index (κ3) is 6.06. The maximum Gasteiger partial charge on any atom is 0.311 e. The second kappa shape index (κ2) is 11.1. The van der Waals surface area contributed by atoms with Gasteiger partial charge in [-0.3, -0.25) is 40.5 Å². The lowest BCUT2D eigenvalue weighted by molar-refractivity contribution is -0.385. The highest BCUT2D eigenvalue weighted by Gasteiger charge is 2.30. The zero-order valence-electron chi connectivity index (χ0n) is 21.5. The van der Waals surface area contributed by atoms with E-state index in [1.54, 1.807) is 26.0 Å². The van der Waals surface area contributed by atoms with Crippen molar-refractivity contribution in [1.29, 1.82) is 0 Å². The van der Waals surface area contributed by atoms with E-state index in [4.69, 9.17) is 9.47 Å². The second-order valence-corrected chi connectivity index (χ2v) is 9.21. The van der Waals surface area contributed by atoms with Gasteiger partial charge in [-0.15, -0.1) is 0 Å². The molecule has 0 heterocycles. The van der Waals surface area contributed by atoms with Gasteiger partial charge in [-0.05, 0) is 47.5 Å². The molecule has 0 spiro atoms. The quantitative estimate of drug-likeness (QED) is 0.141. The van der Waals surface area contributed by atoms with Crippen molar-refractivity contribution in [2.24, 2.45) is 0 Å². The molecule has 0 saturated heterocycles. The van der Waals surface area contributed by atoms with Crippen molar-refractivity contribution in [3.8, 4) is 23.0 Å². The van der Waals surface area contributed by atoms with Crippen molar-refractivity contribution in [2.75, 3.05) is 0 Å². The van der Waals surface area contributed by atoms with Gasteiger partial charge in [0.05, 0.1) is 19.7 Å². The van der Waals surface area contributed by atoms with Crippen LogP contribution in [0.5, 0.6) is 23.0 Å². The third-order valence-electron chi connectivity index (χ3n) is 6.31. The van der Waals surface area contributed by atoms with Gasteiger partial charge in [-0.1, -0.05) is 26.0 Å². The molecule has 0 bridgehead atoms. The van der Waals surface area contributed by atoms with Crippen molar-refractivity contribution in [3.63, 3.8) is 0 Å². The molecule has 0 aromatic heterocycles. The van der Waals surface area contributed by atoms with Crippen molar-refractivity contribution in [2.45, 2.75) is 19.3 Å². The highest BCUT2D eigenvalue weighted by molar-refractivity contribution is 5.57. The molecule has 14 nitrogen and oxygen atoms in total. The van der Waals surface area contributed by atoms with Crippen LogP contribution >= 0.6 is 0 Å². The normalized spacial score (nSPS) is 11.0. The van der Waals surface area contributed by atoms with Crippen molar-refractivity contribution >= 4 is 22.7 Å². The molecule has 0 aliphatic heterocycles. The summed E-state index contributed by atoms with van der Waals surface area (Å²) in [5, 5.41) is 45.5. The van der Waals surface area contributed by atoms with Crippen LogP contribution in [0.25, 0.3) is 0 Å². The van der Waals surface area contributed by atoms with Gasteiger partial charge in [0, 0.05) is 41.8 Å². The Morgan fingerprint density at radius 1 is 0.512 bits per heavy atom. The summed E-state index contributed by atoms with van der Waals surface area (Å²) in [5.41, 5.74) is -1.11. The second-order valence-electron chi connectivity index (χ2n) is 9.21. The minimum atomic E-state index is -0.951. The predicted octanol–water partition coefficient (Wildman–Crippen LogP) is 7.23. The number of hydrogen-bond acceptors (Lipinski definition) is 10. The highest BCUT2D eigenvalue weighted by atomic mass is 16.6. The molecule has 14 heteroatoms. The number of benzene rings is 4. The van der Waals surface area contributed by atoms with Gasteiger partial charge in [0.1, 0.15) is 11.5 Å². The molecule has 4 aromatic rings. The first-order valence-corrected chi connectivity index (χ1v) is 11.8. The van der Waals surface area contributed by atoms with Crippen molar-refractivity contribution < 1.29 is 29.2 Å². The van der Waals surface area contributed by atoms with Crippen LogP contribution in [-0.4, -0.2) is 19.7 Å². The van der Waals surface area contributed by atoms with E-state index in [1.807, 2.05) is 0 Å². The monoisotopic (exact) mass is 560 g/mol. The molecule has 0 fully saturated rings. The van der Waals surface area contributed by atoms with E-state index >= 15 is 0 Å². The summed E-state index contributed by atoms with van der Waals surface area (Å²) in [6, 6.07) is 18.6. The first kappa shape index (κ1) is 28.1. The Morgan fingerprint density at radius 3 is 1.15 bits per heavy atom. The minimum Gasteiger partial charge on any atom is -0.450 e. The smallest absolute Gasteiger partial charge is 0.311 e. The number of nitro benzene ring substituents is 4. The summed E-state index contributed by atoms with van der Waals surface area (Å²) in [6.45, 7) is 3.47. The minimum absolute atomic E-state index is 0.0961. The van der Waals surface area contributed by atoms with Gasteiger partial charge in [-0.25, -0.2) is 0 Å². The Morgan fingerprint density at radius 2 is 0.854 bits per heavy atom. The largest absolute Gasteiger partial charge is 0.450 e. The predicted molar refractivity (Wildman–Crippen MR) is 145 cm³/mol. The van der Waals surface area contributed by atoms with E-state index in [1.165, 1.54) is 72.8 Å². The Balaban J connectivity index is 1.65. The topological polar surface area (TPSA) is 191 Å². The van der Waals surface area contributed by atoms with Gasteiger partial charge in [0.2, 0.25) is 11.5 Å².